The molecule has 0 fully saturated rings. The highest BCUT2D eigenvalue weighted by atomic mass is 32.2. The highest BCUT2D eigenvalue weighted by Crippen LogP contribution is 2.46. The van der Waals surface area contributed by atoms with Gasteiger partial charge in [0.1, 0.15) is 17.8 Å². The number of rotatable bonds is 5. The Morgan fingerprint density at radius 1 is 1.22 bits per heavy atom. The SMILES string of the molecule is CC(OC(N)=O)(Sc1ccc(C=O)cc1)c1ccc(O)cc1O. The van der Waals surface area contributed by atoms with E-state index in [4.69, 9.17) is 10.5 Å². The second-order valence-electron chi connectivity index (χ2n) is 4.86. The van der Waals surface area contributed by atoms with E-state index in [-0.39, 0.29) is 17.1 Å². The van der Waals surface area contributed by atoms with Gasteiger partial charge in [0.25, 0.3) is 0 Å². The summed E-state index contributed by atoms with van der Waals surface area (Å²) in [6.07, 6.45) is -0.281. The first kappa shape index (κ1) is 16.7. The zero-order chi connectivity index (χ0) is 17.0. The number of aldehydes is 1. The lowest BCUT2D eigenvalue weighted by Crippen LogP contribution is -2.29. The van der Waals surface area contributed by atoms with Crippen molar-refractivity contribution in [2.24, 2.45) is 5.73 Å². The maximum atomic E-state index is 11.3. The van der Waals surface area contributed by atoms with Gasteiger partial charge in [-0.2, -0.15) is 0 Å². The number of carbonyl (C=O) groups is 2. The summed E-state index contributed by atoms with van der Waals surface area (Å²) >= 11 is 1.13. The van der Waals surface area contributed by atoms with Crippen LogP contribution in [0.1, 0.15) is 22.8 Å². The predicted octanol–water partition coefficient (Wildman–Crippen LogP) is 2.97. The van der Waals surface area contributed by atoms with Gasteiger partial charge in [0, 0.05) is 22.1 Å². The second kappa shape index (κ2) is 6.62. The molecule has 4 N–H and O–H groups in total. The number of hydrogen-bond acceptors (Lipinski definition) is 6. The number of nitrogens with two attached hydrogens (primary N) is 1. The van der Waals surface area contributed by atoms with Crippen molar-refractivity contribution in [1.29, 1.82) is 0 Å². The average Bonchev–Trinajstić information content (AvgIpc) is 2.46. The normalized spacial score (nSPS) is 13.1. The fourth-order valence-corrected chi connectivity index (χ4v) is 3.19. The van der Waals surface area contributed by atoms with Crippen LogP contribution in [-0.2, 0) is 9.67 Å². The van der Waals surface area contributed by atoms with E-state index in [2.05, 4.69) is 0 Å². The summed E-state index contributed by atoms with van der Waals surface area (Å²) < 4.78 is 5.20. The van der Waals surface area contributed by atoms with Crippen LogP contribution in [-0.4, -0.2) is 22.6 Å². The number of phenolic OH excluding ortho intramolecular Hbond substituents is 2. The number of aromatic hydroxyl groups is 2. The molecule has 0 heterocycles. The van der Waals surface area contributed by atoms with Crippen LogP contribution < -0.4 is 5.73 Å². The third-order valence-corrected chi connectivity index (χ3v) is 4.30. The summed E-state index contributed by atoms with van der Waals surface area (Å²) in [5.74, 6) is -0.348. The van der Waals surface area contributed by atoms with Gasteiger partial charge in [-0.05, 0) is 31.2 Å². The minimum Gasteiger partial charge on any atom is -0.508 e. The molecule has 6 nitrogen and oxygen atoms in total. The van der Waals surface area contributed by atoms with E-state index in [1.54, 1.807) is 31.2 Å². The topological polar surface area (TPSA) is 110 Å². The van der Waals surface area contributed by atoms with Gasteiger partial charge >= 0.3 is 6.09 Å². The number of thioether (sulfide) groups is 1. The van der Waals surface area contributed by atoms with Gasteiger partial charge < -0.3 is 20.7 Å². The van der Waals surface area contributed by atoms with Crippen molar-refractivity contribution in [3.05, 3.63) is 53.6 Å². The fourth-order valence-electron chi connectivity index (χ4n) is 2.07. The molecule has 0 aliphatic carbocycles. The quantitative estimate of drug-likeness (QED) is 0.441. The Morgan fingerprint density at radius 3 is 2.39 bits per heavy atom. The molecule has 1 atom stereocenters. The lowest BCUT2D eigenvalue weighted by Gasteiger charge is -2.29. The van der Waals surface area contributed by atoms with Crippen molar-refractivity contribution < 1.29 is 24.5 Å². The molecule has 7 heteroatoms. The molecule has 23 heavy (non-hydrogen) atoms. The molecule has 2 aromatic rings. The Balaban J connectivity index is 2.41. The Bertz CT molecular complexity index is 732. The number of hydrogen-bond donors (Lipinski definition) is 3. The molecule has 0 saturated heterocycles. The van der Waals surface area contributed by atoms with E-state index in [0.717, 1.165) is 24.1 Å². The predicted molar refractivity (Wildman–Crippen MR) is 85.5 cm³/mol. The summed E-state index contributed by atoms with van der Waals surface area (Å²) in [7, 11) is 0. The first-order valence-electron chi connectivity index (χ1n) is 6.59. The number of ether oxygens (including phenoxy) is 1. The van der Waals surface area contributed by atoms with Crippen molar-refractivity contribution in [3.8, 4) is 11.5 Å². The number of benzene rings is 2. The van der Waals surface area contributed by atoms with Gasteiger partial charge in [0.2, 0.25) is 0 Å². The molecule has 2 rings (SSSR count). The van der Waals surface area contributed by atoms with Crippen LogP contribution in [0.2, 0.25) is 0 Å². The lowest BCUT2D eigenvalue weighted by atomic mass is 10.1. The van der Waals surface area contributed by atoms with E-state index >= 15 is 0 Å². The van der Waals surface area contributed by atoms with E-state index in [1.807, 2.05) is 0 Å². The van der Waals surface area contributed by atoms with Crippen molar-refractivity contribution in [2.75, 3.05) is 0 Å². The molecule has 0 radical (unpaired) electrons. The van der Waals surface area contributed by atoms with Crippen LogP contribution in [0.15, 0.2) is 47.4 Å². The van der Waals surface area contributed by atoms with Gasteiger partial charge in [-0.3, -0.25) is 4.79 Å². The van der Waals surface area contributed by atoms with Crippen LogP contribution in [0.3, 0.4) is 0 Å². The van der Waals surface area contributed by atoms with Gasteiger partial charge in [-0.15, -0.1) is 0 Å². The first-order chi connectivity index (χ1) is 10.8. The van der Waals surface area contributed by atoms with E-state index in [1.165, 1.54) is 12.1 Å². The Hall–Kier alpha value is -2.67. The van der Waals surface area contributed by atoms with E-state index in [0.29, 0.717) is 10.5 Å². The minimum atomic E-state index is -1.31. The monoisotopic (exact) mass is 333 g/mol. The molecule has 0 saturated carbocycles. The standard InChI is InChI=1S/C16H15NO5S/c1-16(22-15(17)21,13-7-4-11(19)8-14(13)20)23-12-5-2-10(9-18)3-6-12/h2-9,19-20H,1H3,(H2,17,21). The largest absolute Gasteiger partial charge is 0.508 e. The molecule has 0 bridgehead atoms. The van der Waals surface area contributed by atoms with Crippen molar-refractivity contribution in [1.82, 2.24) is 0 Å². The highest BCUT2D eigenvalue weighted by Gasteiger charge is 2.34. The third kappa shape index (κ3) is 3.95. The Morgan fingerprint density at radius 2 is 1.87 bits per heavy atom. The summed E-state index contributed by atoms with van der Waals surface area (Å²) in [6.45, 7) is 1.57. The van der Waals surface area contributed by atoms with Crippen LogP contribution >= 0.6 is 11.8 Å². The van der Waals surface area contributed by atoms with Crippen molar-refractivity contribution in [2.45, 2.75) is 16.8 Å². The van der Waals surface area contributed by atoms with Crippen molar-refractivity contribution >= 4 is 24.1 Å². The molecular formula is C16H15NO5S. The van der Waals surface area contributed by atoms with Crippen LogP contribution in [0.25, 0.3) is 0 Å². The van der Waals surface area contributed by atoms with Crippen LogP contribution in [0.4, 0.5) is 4.79 Å². The van der Waals surface area contributed by atoms with Crippen LogP contribution in [0.5, 0.6) is 11.5 Å². The van der Waals surface area contributed by atoms with Gasteiger partial charge in [-0.1, -0.05) is 23.9 Å². The Labute approximate surface area is 136 Å². The van der Waals surface area contributed by atoms with Gasteiger partial charge in [-0.25, -0.2) is 4.79 Å². The summed E-state index contributed by atoms with van der Waals surface area (Å²) in [6, 6.07) is 10.6. The molecular weight excluding hydrogens is 318 g/mol. The van der Waals surface area contributed by atoms with Gasteiger partial charge in [0.05, 0.1) is 0 Å². The Kier molecular flexibility index (Phi) is 4.80. The lowest BCUT2D eigenvalue weighted by molar-refractivity contribution is 0.0932. The molecule has 120 valence electrons. The van der Waals surface area contributed by atoms with Crippen molar-refractivity contribution in [3.63, 3.8) is 0 Å². The summed E-state index contributed by atoms with van der Waals surface area (Å²) in [5, 5.41) is 19.4. The fraction of sp³-hybridized carbons (Fsp3) is 0.125. The molecule has 0 aliphatic heterocycles. The maximum absolute atomic E-state index is 11.3. The van der Waals surface area contributed by atoms with E-state index in [9.17, 15) is 19.8 Å². The summed E-state index contributed by atoms with van der Waals surface area (Å²) in [5.41, 5.74) is 5.93. The van der Waals surface area contributed by atoms with E-state index < -0.39 is 11.0 Å². The zero-order valence-electron chi connectivity index (χ0n) is 12.2. The number of primary amides is 1. The number of carbonyl (C=O) groups excluding carboxylic acids is 2. The number of amides is 1. The minimum absolute atomic E-state index is 0.118. The first-order valence-corrected chi connectivity index (χ1v) is 7.41. The molecule has 0 aliphatic rings. The molecule has 0 spiro atoms. The average molecular weight is 333 g/mol. The molecule has 1 unspecified atom stereocenters. The summed E-state index contributed by atoms with van der Waals surface area (Å²) in [4.78, 5) is 21.4. The molecule has 0 aromatic heterocycles. The number of phenols is 2. The second-order valence-corrected chi connectivity index (χ2v) is 6.31. The zero-order valence-corrected chi connectivity index (χ0v) is 13.0. The molecule has 2 aromatic carbocycles. The molecule has 1 amide bonds. The smallest absolute Gasteiger partial charge is 0.406 e. The van der Waals surface area contributed by atoms with Gasteiger partial charge in [0.15, 0.2) is 4.93 Å². The highest BCUT2D eigenvalue weighted by molar-refractivity contribution is 8.00. The maximum Gasteiger partial charge on any atom is 0.406 e. The van der Waals surface area contributed by atoms with Crippen LogP contribution in [0, 0.1) is 0 Å². The third-order valence-electron chi connectivity index (χ3n) is 3.09.